The predicted octanol–water partition coefficient (Wildman–Crippen LogP) is 0.142. The summed E-state index contributed by atoms with van der Waals surface area (Å²) >= 11 is 0. The van der Waals surface area contributed by atoms with E-state index in [1.807, 2.05) is 0 Å². The first kappa shape index (κ1) is 12.5. The van der Waals surface area contributed by atoms with E-state index >= 15 is 0 Å². The normalized spacial score (nSPS) is 10.2. The van der Waals surface area contributed by atoms with Gasteiger partial charge in [0.15, 0.2) is 0 Å². The maximum absolute atomic E-state index is 13.5. The minimum absolute atomic E-state index is 0.0444. The van der Waals surface area contributed by atoms with Gasteiger partial charge in [-0.25, -0.2) is 9.02 Å². The Bertz CT molecular complexity index is 654. The van der Waals surface area contributed by atoms with Crippen LogP contribution < -0.4 is 16.8 Å². The number of hydrogen-bond donors (Lipinski definition) is 3. The molecule has 19 heavy (non-hydrogen) atoms. The maximum atomic E-state index is 13.5. The Labute approximate surface area is 105 Å². The summed E-state index contributed by atoms with van der Waals surface area (Å²) in [6.45, 7) is 0. The molecule has 0 aliphatic carbocycles. The summed E-state index contributed by atoms with van der Waals surface area (Å²) in [5.74, 6) is -2.55. The average molecular weight is 265 g/mol. The number of primary amides is 1. The van der Waals surface area contributed by atoms with Gasteiger partial charge in [-0.2, -0.15) is 0 Å². The number of amides is 2. The molecule has 0 aliphatic heterocycles. The Hall–Kier alpha value is -2.97. The van der Waals surface area contributed by atoms with Gasteiger partial charge in [0.2, 0.25) is 17.4 Å². The Kier molecular flexibility index (Phi) is 3.10. The van der Waals surface area contributed by atoms with Crippen molar-refractivity contribution in [1.82, 2.24) is 10.3 Å². The first-order chi connectivity index (χ1) is 8.99. The Balaban J connectivity index is 2.28. The second-order valence-corrected chi connectivity index (χ2v) is 3.51. The number of carbonyl (C=O) groups is 2. The lowest BCUT2D eigenvalue weighted by Gasteiger charge is -2.05. The van der Waals surface area contributed by atoms with Crippen LogP contribution in [0.4, 0.5) is 15.9 Å². The number of aromatic nitrogens is 2. The lowest BCUT2D eigenvalue weighted by molar-refractivity contribution is 0.0994. The number of rotatable bonds is 3. The van der Waals surface area contributed by atoms with E-state index < -0.39 is 17.6 Å². The second-order valence-electron chi connectivity index (χ2n) is 3.51. The summed E-state index contributed by atoms with van der Waals surface area (Å²) in [5.41, 5.74) is 9.89. The fraction of sp³-hybridized carbons (Fsp3) is 0. The molecule has 0 atom stereocenters. The topological polar surface area (TPSA) is 137 Å². The molecule has 0 spiro atoms. The minimum Gasteiger partial charge on any atom is -0.379 e. The molecule has 5 N–H and O–H groups in total. The minimum atomic E-state index is -0.820. The Morgan fingerprint density at radius 1 is 1.32 bits per heavy atom. The monoisotopic (exact) mass is 265 g/mol. The summed E-state index contributed by atoms with van der Waals surface area (Å²) in [4.78, 5) is 22.7. The largest absolute Gasteiger partial charge is 0.379 e. The SMILES string of the molecule is NC(=O)c1ccc(F)c(NC(=O)c2nonc2N)c1. The van der Waals surface area contributed by atoms with Crippen LogP contribution in [-0.2, 0) is 0 Å². The van der Waals surface area contributed by atoms with Crippen LogP contribution in [0, 0.1) is 5.82 Å². The van der Waals surface area contributed by atoms with Crippen molar-refractivity contribution in [2.75, 3.05) is 11.1 Å². The van der Waals surface area contributed by atoms with Crippen molar-refractivity contribution >= 4 is 23.3 Å². The highest BCUT2D eigenvalue weighted by Crippen LogP contribution is 2.17. The molecule has 0 bridgehead atoms. The second kappa shape index (κ2) is 4.72. The van der Waals surface area contributed by atoms with Crippen LogP contribution in [0.3, 0.4) is 0 Å². The summed E-state index contributed by atoms with van der Waals surface area (Å²) in [6.07, 6.45) is 0. The molecule has 0 saturated carbocycles. The van der Waals surface area contributed by atoms with Gasteiger partial charge in [-0.1, -0.05) is 0 Å². The number of hydrogen-bond acceptors (Lipinski definition) is 6. The van der Waals surface area contributed by atoms with Gasteiger partial charge in [-0.05, 0) is 28.5 Å². The van der Waals surface area contributed by atoms with Gasteiger partial charge in [0.05, 0.1) is 5.69 Å². The third kappa shape index (κ3) is 2.49. The van der Waals surface area contributed by atoms with Gasteiger partial charge >= 0.3 is 0 Å². The summed E-state index contributed by atoms with van der Waals surface area (Å²) in [6, 6.07) is 3.29. The van der Waals surface area contributed by atoms with Crippen molar-refractivity contribution in [3.63, 3.8) is 0 Å². The van der Waals surface area contributed by atoms with Gasteiger partial charge in [0, 0.05) is 5.56 Å². The Morgan fingerprint density at radius 2 is 2.05 bits per heavy atom. The van der Waals surface area contributed by atoms with E-state index in [1.54, 1.807) is 0 Å². The van der Waals surface area contributed by atoms with Crippen LogP contribution >= 0.6 is 0 Å². The zero-order valence-electron chi connectivity index (χ0n) is 9.38. The molecule has 2 aromatic rings. The van der Waals surface area contributed by atoms with E-state index in [2.05, 4.69) is 20.3 Å². The summed E-state index contributed by atoms with van der Waals surface area (Å²) in [5, 5.41) is 8.66. The van der Waals surface area contributed by atoms with Crippen molar-refractivity contribution in [2.24, 2.45) is 5.73 Å². The van der Waals surface area contributed by atoms with E-state index in [1.165, 1.54) is 6.07 Å². The number of nitrogens with two attached hydrogens (primary N) is 2. The van der Waals surface area contributed by atoms with Crippen molar-refractivity contribution in [3.05, 3.63) is 35.3 Å². The lowest BCUT2D eigenvalue weighted by Crippen LogP contribution is -2.17. The summed E-state index contributed by atoms with van der Waals surface area (Å²) < 4.78 is 17.7. The van der Waals surface area contributed by atoms with Crippen molar-refractivity contribution in [3.8, 4) is 0 Å². The molecule has 1 heterocycles. The fourth-order valence-corrected chi connectivity index (χ4v) is 1.31. The van der Waals surface area contributed by atoms with Crippen LogP contribution in [0.25, 0.3) is 0 Å². The molecule has 0 saturated heterocycles. The standard InChI is InChI=1S/C10H8FN5O3/c11-5-2-1-4(9(13)17)3-6(5)14-10(18)7-8(12)16-19-15-7/h1-3H,(H2,12,16)(H2,13,17)(H,14,18). The zero-order valence-corrected chi connectivity index (χ0v) is 9.38. The average Bonchev–Trinajstić information content (AvgIpc) is 2.78. The molecule has 1 aromatic carbocycles. The molecule has 0 aliphatic rings. The van der Waals surface area contributed by atoms with Crippen LogP contribution in [-0.4, -0.2) is 22.1 Å². The predicted molar refractivity (Wildman–Crippen MR) is 61.6 cm³/mol. The van der Waals surface area contributed by atoms with E-state index in [4.69, 9.17) is 11.5 Å². The highest BCUT2D eigenvalue weighted by atomic mass is 19.1. The van der Waals surface area contributed by atoms with Gasteiger partial charge < -0.3 is 16.8 Å². The molecule has 2 rings (SSSR count). The molecule has 0 unspecified atom stereocenters. The van der Waals surface area contributed by atoms with Crippen molar-refractivity contribution < 1.29 is 18.6 Å². The molecule has 0 radical (unpaired) electrons. The van der Waals surface area contributed by atoms with Gasteiger partial charge in [0.1, 0.15) is 5.82 Å². The van der Waals surface area contributed by atoms with Gasteiger partial charge in [-0.3, -0.25) is 9.59 Å². The smallest absolute Gasteiger partial charge is 0.281 e. The number of carbonyl (C=O) groups excluding carboxylic acids is 2. The van der Waals surface area contributed by atoms with Gasteiger partial charge in [-0.15, -0.1) is 0 Å². The number of nitrogens with one attached hydrogen (secondary N) is 1. The number of halogens is 1. The molecule has 9 heteroatoms. The van der Waals surface area contributed by atoms with E-state index in [9.17, 15) is 14.0 Å². The maximum Gasteiger partial charge on any atom is 0.281 e. The van der Waals surface area contributed by atoms with E-state index in [0.717, 1.165) is 12.1 Å². The third-order valence-corrected chi connectivity index (χ3v) is 2.23. The molecular formula is C10H8FN5O3. The van der Waals surface area contributed by atoms with Crippen molar-refractivity contribution in [1.29, 1.82) is 0 Å². The number of nitrogen functional groups attached to an aromatic ring is 1. The number of anilines is 2. The third-order valence-electron chi connectivity index (χ3n) is 2.23. The highest BCUT2D eigenvalue weighted by molar-refractivity contribution is 6.06. The molecule has 0 fully saturated rings. The molecular weight excluding hydrogens is 257 g/mol. The molecule has 2 amide bonds. The van der Waals surface area contributed by atoms with Crippen LogP contribution in [0.2, 0.25) is 0 Å². The van der Waals surface area contributed by atoms with Crippen LogP contribution in [0.5, 0.6) is 0 Å². The van der Waals surface area contributed by atoms with E-state index in [-0.39, 0.29) is 22.8 Å². The molecule has 1 aromatic heterocycles. The first-order valence-electron chi connectivity index (χ1n) is 4.97. The quantitative estimate of drug-likeness (QED) is 0.721. The van der Waals surface area contributed by atoms with Crippen LogP contribution in [0.15, 0.2) is 22.8 Å². The Morgan fingerprint density at radius 3 is 2.63 bits per heavy atom. The fourth-order valence-electron chi connectivity index (χ4n) is 1.31. The van der Waals surface area contributed by atoms with Crippen molar-refractivity contribution in [2.45, 2.75) is 0 Å². The van der Waals surface area contributed by atoms with Crippen LogP contribution in [0.1, 0.15) is 20.8 Å². The van der Waals surface area contributed by atoms with E-state index in [0.29, 0.717) is 0 Å². The summed E-state index contributed by atoms with van der Waals surface area (Å²) in [7, 11) is 0. The lowest BCUT2D eigenvalue weighted by atomic mass is 10.2. The zero-order chi connectivity index (χ0) is 14.0. The number of benzene rings is 1. The van der Waals surface area contributed by atoms with Gasteiger partial charge in [0.25, 0.3) is 5.91 Å². The molecule has 98 valence electrons. The number of nitrogens with zero attached hydrogens (tertiary/aromatic N) is 2. The highest BCUT2D eigenvalue weighted by Gasteiger charge is 2.18. The molecule has 8 nitrogen and oxygen atoms in total. The first-order valence-corrected chi connectivity index (χ1v) is 4.97.